The number of rotatable bonds is 26. The van der Waals surface area contributed by atoms with Crippen LogP contribution in [0.25, 0.3) is 93.1 Å². The molecule has 0 spiro atoms. The lowest BCUT2D eigenvalue weighted by atomic mass is 10.0. The standard InChI is InChI=1S/C60H64F2N4S8Si/c1-5-9-13-17-21-37-23-25-45(67-37)47-29-27-43(69-47)39-33-41(61)53(57-55(39)63-73-65-57)49-35-51-59(71-49)60-52(75(51,31-19-15-11-7-3)32-20-16-12-8-4)36-50(72-60)54-42(62)34-40(56-58(54)66-74-64-56)44-28-30-48(70-44)46-26-24-38(68-46)22-18-14-10-6-2/h23-30,33-36H,5-22,31-32H2,1-4H3. The number of aromatic nitrogens is 4. The van der Waals surface area contributed by atoms with Gasteiger partial charge in [-0.3, -0.25) is 0 Å². The van der Waals surface area contributed by atoms with Gasteiger partial charge in [-0.1, -0.05) is 118 Å². The fourth-order valence-electron chi connectivity index (χ4n) is 11.2. The maximum absolute atomic E-state index is 17.3. The molecule has 9 heterocycles. The molecule has 1 aliphatic heterocycles. The molecule has 0 aliphatic carbocycles. The SMILES string of the molecule is CCCCCCc1ccc(-c2ccc(-c3cc(F)c(-c4cc5c(s4)-c4sc(-c6c(F)cc(-c7ccc(-c8ccc(CCCCCC)s8)s7)c7nsnc67)cc4[Si]5(CCCCCC)CCCCCC)c4nsnc34)s2)s1. The Hall–Kier alpha value is -3.64. The second-order valence-corrected chi connectivity index (χ2v) is 32.3. The third-order valence-electron chi connectivity index (χ3n) is 15.2. The molecule has 8 aromatic heterocycles. The number of nitrogens with zero attached hydrogens (tertiary/aromatic N) is 4. The van der Waals surface area contributed by atoms with Gasteiger partial charge in [0.25, 0.3) is 0 Å². The predicted molar refractivity (Wildman–Crippen MR) is 332 cm³/mol. The quantitative estimate of drug-likeness (QED) is 0.0400. The topological polar surface area (TPSA) is 51.6 Å². The Labute approximate surface area is 474 Å². The van der Waals surface area contributed by atoms with Crippen LogP contribution in [0, 0.1) is 11.6 Å². The molecule has 0 saturated heterocycles. The Kier molecular flexibility index (Phi) is 17.2. The van der Waals surface area contributed by atoms with Crippen molar-refractivity contribution in [3.8, 4) is 71.0 Å². The first-order valence-corrected chi connectivity index (χ1v) is 36.2. The average molecular weight is 1160 g/mol. The van der Waals surface area contributed by atoms with E-state index in [1.807, 2.05) is 22.7 Å². The summed E-state index contributed by atoms with van der Waals surface area (Å²) >= 11 is 12.9. The minimum absolute atomic E-state index is 0.257. The molecular weight excluding hydrogens is 1100 g/mol. The van der Waals surface area contributed by atoms with Crippen LogP contribution in [0.2, 0.25) is 12.1 Å². The number of halogens is 2. The summed E-state index contributed by atoms with van der Waals surface area (Å²) in [6, 6.07) is 28.1. The Bertz CT molecular complexity index is 3310. The van der Waals surface area contributed by atoms with Gasteiger partial charge in [0, 0.05) is 69.7 Å². The molecule has 2 aromatic carbocycles. The summed E-state index contributed by atoms with van der Waals surface area (Å²) in [5.74, 6) is -0.514. The van der Waals surface area contributed by atoms with Gasteiger partial charge in [0.1, 0.15) is 41.8 Å². The highest BCUT2D eigenvalue weighted by molar-refractivity contribution is 7.32. The molecule has 1 aliphatic rings. The third-order valence-corrected chi connectivity index (χ3v) is 29.3. The minimum atomic E-state index is -2.43. The van der Waals surface area contributed by atoms with Crippen molar-refractivity contribution in [2.24, 2.45) is 0 Å². The van der Waals surface area contributed by atoms with Crippen molar-refractivity contribution < 1.29 is 8.78 Å². The largest absolute Gasteiger partial charge is 0.206 e. The van der Waals surface area contributed by atoms with Crippen LogP contribution in [0.15, 0.2) is 72.8 Å². The molecule has 10 aromatic rings. The van der Waals surface area contributed by atoms with Crippen LogP contribution in [0.1, 0.15) is 140 Å². The molecule has 15 heteroatoms. The van der Waals surface area contributed by atoms with E-state index in [0.717, 1.165) is 79.4 Å². The summed E-state index contributed by atoms with van der Waals surface area (Å²) in [5, 5.41) is 2.87. The highest BCUT2D eigenvalue weighted by Crippen LogP contribution is 2.51. The van der Waals surface area contributed by atoms with Crippen LogP contribution in [0.4, 0.5) is 8.78 Å². The van der Waals surface area contributed by atoms with E-state index in [1.54, 1.807) is 57.5 Å². The smallest absolute Gasteiger partial charge is 0.134 e. The van der Waals surface area contributed by atoms with Crippen molar-refractivity contribution in [3.05, 3.63) is 94.2 Å². The van der Waals surface area contributed by atoms with E-state index in [9.17, 15) is 0 Å². The second kappa shape index (κ2) is 24.2. The van der Waals surface area contributed by atoms with E-state index >= 15 is 8.78 Å². The Morgan fingerprint density at radius 3 is 1.17 bits per heavy atom. The number of hydrogen-bond donors (Lipinski definition) is 0. The molecule has 0 bridgehead atoms. The Balaban J connectivity index is 0.954. The molecule has 4 nitrogen and oxygen atoms in total. The summed E-state index contributed by atoms with van der Waals surface area (Å²) in [7, 11) is -2.43. The Morgan fingerprint density at radius 1 is 0.373 bits per heavy atom. The Morgan fingerprint density at radius 2 is 0.747 bits per heavy atom. The minimum Gasteiger partial charge on any atom is -0.206 e. The van der Waals surface area contributed by atoms with Gasteiger partial charge in [0.05, 0.1) is 34.6 Å². The first-order chi connectivity index (χ1) is 36.8. The number of aryl methyl sites for hydroxylation is 2. The van der Waals surface area contributed by atoms with Crippen LogP contribution in [0.3, 0.4) is 0 Å². The van der Waals surface area contributed by atoms with Crippen molar-refractivity contribution in [3.63, 3.8) is 0 Å². The van der Waals surface area contributed by atoms with Crippen LogP contribution < -0.4 is 10.4 Å². The summed E-state index contributed by atoms with van der Waals surface area (Å²) in [4.78, 5) is 14.1. The number of unbranched alkanes of at least 4 members (excludes halogenated alkanes) is 12. The first kappa shape index (κ1) is 53.4. The van der Waals surface area contributed by atoms with Crippen molar-refractivity contribution in [1.29, 1.82) is 0 Å². The fourth-order valence-corrected chi connectivity index (χ4v) is 26.2. The van der Waals surface area contributed by atoms with E-state index in [1.165, 1.54) is 163 Å². The van der Waals surface area contributed by atoms with E-state index in [0.29, 0.717) is 22.2 Å². The average Bonchev–Trinajstić information content (AvgIpc) is 4.29. The zero-order valence-corrected chi connectivity index (χ0v) is 50.9. The number of hydrogen-bond acceptors (Lipinski definition) is 12. The molecule has 0 amide bonds. The van der Waals surface area contributed by atoms with Gasteiger partial charge in [-0.25, -0.2) is 8.78 Å². The molecule has 11 rings (SSSR count). The predicted octanol–water partition coefficient (Wildman–Crippen LogP) is 21.3. The van der Waals surface area contributed by atoms with E-state index < -0.39 is 8.07 Å². The molecule has 75 heavy (non-hydrogen) atoms. The molecule has 390 valence electrons. The van der Waals surface area contributed by atoms with Gasteiger partial charge < -0.3 is 0 Å². The summed E-state index contributed by atoms with van der Waals surface area (Å²) in [5.41, 5.74) is 5.51. The second-order valence-electron chi connectivity index (χ2n) is 20.4. The lowest BCUT2D eigenvalue weighted by molar-refractivity contribution is 0.633. The van der Waals surface area contributed by atoms with E-state index in [4.69, 9.17) is 17.5 Å². The van der Waals surface area contributed by atoms with Crippen LogP contribution in [-0.2, 0) is 12.8 Å². The number of benzene rings is 2. The monoisotopic (exact) mass is 1160 g/mol. The summed E-state index contributed by atoms with van der Waals surface area (Å²) in [6.45, 7) is 9.07. The molecule has 0 unspecified atom stereocenters. The van der Waals surface area contributed by atoms with Crippen molar-refractivity contribution in [2.75, 3.05) is 0 Å². The zero-order chi connectivity index (χ0) is 51.5. The molecular formula is C60H64F2N4S8Si. The van der Waals surface area contributed by atoms with Crippen LogP contribution in [-0.4, -0.2) is 25.6 Å². The van der Waals surface area contributed by atoms with Crippen molar-refractivity contribution in [2.45, 2.75) is 155 Å². The highest BCUT2D eigenvalue weighted by Gasteiger charge is 2.48. The van der Waals surface area contributed by atoms with Crippen molar-refractivity contribution >= 4 is 132 Å². The van der Waals surface area contributed by atoms with Gasteiger partial charge in [-0.2, -0.15) is 17.5 Å². The summed E-state index contributed by atoms with van der Waals surface area (Å²) < 4.78 is 54.0. The van der Waals surface area contributed by atoms with E-state index in [2.05, 4.69) is 88.4 Å². The van der Waals surface area contributed by atoms with E-state index in [-0.39, 0.29) is 11.6 Å². The van der Waals surface area contributed by atoms with Crippen LogP contribution >= 0.6 is 91.5 Å². The normalized spacial score (nSPS) is 13.0. The molecule has 0 saturated carbocycles. The van der Waals surface area contributed by atoms with Gasteiger partial charge >= 0.3 is 0 Å². The number of thiophene rings is 6. The first-order valence-electron chi connectivity index (χ1n) is 27.4. The lowest BCUT2D eigenvalue weighted by Gasteiger charge is -2.29. The molecule has 0 N–H and O–H groups in total. The van der Waals surface area contributed by atoms with Crippen LogP contribution in [0.5, 0.6) is 0 Å². The van der Waals surface area contributed by atoms with Crippen molar-refractivity contribution in [1.82, 2.24) is 17.5 Å². The van der Waals surface area contributed by atoms with Gasteiger partial charge in [-0.05, 0) is 121 Å². The lowest BCUT2D eigenvalue weighted by Crippen LogP contribution is -2.54. The van der Waals surface area contributed by atoms with Gasteiger partial charge in [-0.15, -0.1) is 68.0 Å². The van der Waals surface area contributed by atoms with Gasteiger partial charge in [0.15, 0.2) is 0 Å². The maximum atomic E-state index is 17.3. The summed E-state index contributed by atoms with van der Waals surface area (Å²) in [6.07, 6.45) is 21.8. The third kappa shape index (κ3) is 10.8. The maximum Gasteiger partial charge on any atom is 0.134 e. The zero-order valence-electron chi connectivity index (χ0n) is 43.4. The van der Waals surface area contributed by atoms with Gasteiger partial charge in [0.2, 0.25) is 0 Å². The highest BCUT2D eigenvalue weighted by atomic mass is 32.1. The fraction of sp³-hybridized carbons (Fsp3) is 0.400. The molecule has 0 atom stereocenters. The number of fused-ring (bicyclic) bond motifs is 5. The molecule has 0 radical (unpaired) electrons. The molecule has 0 fully saturated rings.